The predicted molar refractivity (Wildman–Crippen MR) is 65.6 cm³/mol. The maximum atomic E-state index is 13.5. The zero-order chi connectivity index (χ0) is 15.3. The number of aliphatic hydroxyl groups excluding tert-OH is 2. The van der Waals surface area contributed by atoms with Gasteiger partial charge in [-0.2, -0.15) is 0 Å². The van der Waals surface area contributed by atoms with Gasteiger partial charge in [0.15, 0.2) is 0 Å². The largest absolute Gasteiger partial charge is 0.481 e. The number of esters is 1. The van der Waals surface area contributed by atoms with E-state index in [2.05, 4.69) is 4.74 Å². The molecule has 1 rings (SSSR count). The topological polar surface area (TPSA) is 104 Å². The van der Waals surface area contributed by atoms with Crippen molar-refractivity contribution >= 4 is 11.9 Å². The lowest BCUT2D eigenvalue weighted by molar-refractivity contribution is -0.141. The molecule has 2 unspecified atom stereocenters. The molecule has 1 aromatic rings. The molecule has 0 heterocycles. The zero-order valence-corrected chi connectivity index (χ0v) is 10.7. The van der Waals surface area contributed by atoms with Crippen LogP contribution in [0, 0.1) is 5.82 Å². The molecule has 0 aromatic heterocycles. The predicted octanol–water partition coefficient (Wildman–Crippen LogP) is 0.871. The number of halogens is 1. The van der Waals surface area contributed by atoms with Crippen molar-refractivity contribution in [2.24, 2.45) is 0 Å². The van der Waals surface area contributed by atoms with E-state index >= 15 is 0 Å². The molecular formula is C13H15FO6. The van der Waals surface area contributed by atoms with Gasteiger partial charge in [-0.1, -0.05) is 6.07 Å². The van der Waals surface area contributed by atoms with Crippen LogP contribution in [-0.2, 0) is 9.53 Å². The molecule has 7 heteroatoms. The van der Waals surface area contributed by atoms with Crippen LogP contribution in [0.3, 0.4) is 0 Å². The number of hydrogen-bond acceptors (Lipinski definition) is 5. The molecule has 2 atom stereocenters. The molecule has 0 aliphatic carbocycles. The fraction of sp³-hybridized carbons (Fsp3) is 0.385. The minimum atomic E-state index is -1.56. The second-order valence-corrected chi connectivity index (χ2v) is 4.07. The van der Waals surface area contributed by atoms with Crippen molar-refractivity contribution < 1.29 is 34.0 Å². The monoisotopic (exact) mass is 286 g/mol. The van der Waals surface area contributed by atoms with Crippen LogP contribution in [0.5, 0.6) is 0 Å². The fourth-order valence-electron chi connectivity index (χ4n) is 1.60. The first-order valence-electron chi connectivity index (χ1n) is 5.91. The highest BCUT2D eigenvalue weighted by molar-refractivity contribution is 5.89. The summed E-state index contributed by atoms with van der Waals surface area (Å²) in [4.78, 5) is 21.9. The molecule has 0 bridgehead atoms. The standard InChI is InChI=1S/C13H15FO6/c1-2-20-13(19)8-5-7(3-4-9(8)14)12(18)10(15)6-11(16)17/h3-5,10,12,15,18H,2,6H2,1H3,(H,16,17). The molecule has 0 radical (unpaired) electrons. The number of carboxylic acid groups (broad SMARTS) is 1. The molecule has 0 saturated heterocycles. The van der Waals surface area contributed by atoms with E-state index in [0.29, 0.717) is 0 Å². The zero-order valence-electron chi connectivity index (χ0n) is 10.7. The van der Waals surface area contributed by atoms with Crippen LogP contribution in [-0.4, -0.2) is 40.0 Å². The molecule has 20 heavy (non-hydrogen) atoms. The summed E-state index contributed by atoms with van der Waals surface area (Å²) in [6.07, 6.45) is -3.78. The van der Waals surface area contributed by atoms with Gasteiger partial charge in [-0.15, -0.1) is 0 Å². The Morgan fingerprint density at radius 2 is 2.00 bits per heavy atom. The van der Waals surface area contributed by atoms with Crippen LogP contribution in [0.4, 0.5) is 4.39 Å². The van der Waals surface area contributed by atoms with Crippen molar-refractivity contribution in [3.05, 3.63) is 35.1 Å². The van der Waals surface area contributed by atoms with Crippen molar-refractivity contribution in [2.45, 2.75) is 25.6 Å². The maximum Gasteiger partial charge on any atom is 0.341 e. The summed E-state index contributed by atoms with van der Waals surface area (Å²) in [6, 6.07) is 3.13. The van der Waals surface area contributed by atoms with Crippen LogP contribution >= 0.6 is 0 Å². The third-order valence-electron chi connectivity index (χ3n) is 2.58. The summed E-state index contributed by atoms with van der Waals surface area (Å²) >= 11 is 0. The lowest BCUT2D eigenvalue weighted by atomic mass is 10.00. The van der Waals surface area contributed by atoms with Gasteiger partial charge in [-0.05, 0) is 24.6 Å². The molecule has 1 aromatic carbocycles. The molecule has 110 valence electrons. The number of hydrogen-bond donors (Lipinski definition) is 3. The molecular weight excluding hydrogens is 271 g/mol. The highest BCUT2D eigenvalue weighted by atomic mass is 19.1. The Morgan fingerprint density at radius 3 is 2.55 bits per heavy atom. The normalized spacial score (nSPS) is 13.6. The highest BCUT2D eigenvalue weighted by Crippen LogP contribution is 2.22. The van der Waals surface area contributed by atoms with Crippen molar-refractivity contribution in [3.63, 3.8) is 0 Å². The molecule has 3 N–H and O–H groups in total. The molecule has 0 spiro atoms. The second kappa shape index (κ2) is 6.97. The summed E-state index contributed by atoms with van der Waals surface area (Å²) in [5.74, 6) is -3.01. The van der Waals surface area contributed by atoms with Gasteiger partial charge in [0.05, 0.1) is 24.7 Å². The fourth-order valence-corrected chi connectivity index (χ4v) is 1.60. The van der Waals surface area contributed by atoms with Crippen molar-refractivity contribution in [3.8, 4) is 0 Å². The minimum Gasteiger partial charge on any atom is -0.481 e. The molecule has 0 fully saturated rings. The number of carbonyl (C=O) groups excluding carboxylic acids is 1. The van der Waals surface area contributed by atoms with Gasteiger partial charge < -0.3 is 20.1 Å². The number of rotatable bonds is 6. The van der Waals surface area contributed by atoms with Crippen LogP contribution in [0.25, 0.3) is 0 Å². The van der Waals surface area contributed by atoms with Crippen molar-refractivity contribution in [1.29, 1.82) is 0 Å². The quantitative estimate of drug-likeness (QED) is 0.670. The maximum absolute atomic E-state index is 13.5. The average Bonchev–Trinajstić information content (AvgIpc) is 2.37. The van der Waals surface area contributed by atoms with Gasteiger partial charge in [0.25, 0.3) is 0 Å². The lowest BCUT2D eigenvalue weighted by Gasteiger charge is -2.17. The van der Waals surface area contributed by atoms with E-state index in [-0.39, 0.29) is 17.7 Å². The summed E-state index contributed by atoms with van der Waals surface area (Å²) < 4.78 is 18.1. The van der Waals surface area contributed by atoms with Gasteiger partial charge in [0, 0.05) is 0 Å². The van der Waals surface area contributed by atoms with Gasteiger partial charge in [0.1, 0.15) is 11.9 Å². The Kier molecular flexibility index (Phi) is 5.60. The van der Waals surface area contributed by atoms with Crippen molar-refractivity contribution in [1.82, 2.24) is 0 Å². The number of benzene rings is 1. The molecule has 6 nitrogen and oxygen atoms in total. The first-order valence-corrected chi connectivity index (χ1v) is 5.91. The first kappa shape index (κ1) is 16.1. The van der Waals surface area contributed by atoms with Gasteiger partial charge >= 0.3 is 11.9 Å². The Bertz CT molecular complexity index is 502. The third kappa shape index (κ3) is 4.01. The van der Waals surface area contributed by atoms with Crippen molar-refractivity contribution in [2.75, 3.05) is 6.61 Å². The van der Waals surface area contributed by atoms with Gasteiger partial charge in [-0.25, -0.2) is 9.18 Å². The Hall–Kier alpha value is -1.99. The van der Waals surface area contributed by atoms with Crippen LogP contribution in [0.15, 0.2) is 18.2 Å². The number of carbonyl (C=O) groups is 2. The molecule has 0 aliphatic rings. The Labute approximate surface area is 114 Å². The minimum absolute atomic E-state index is 0.0307. The average molecular weight is 286 g/mol. The van der Waals surface area contributed by atoms with Crippen LogP contribution < -0.4 is 0 Å². The van der Waals surface area contributed by atoms with E-state index in [9.17, 15) is 24.2 Å². The lowest BCUT2D eigenvalue weighted by Crippen LogP contribution is -2.22. The van der Waals surface area contributed by atoms with Crippen LogP contribution in [0.2, 0.25) is 0 Å². The summed E-state index contributed by atoms with van der Waals surface area (Å²) in [5, 5.41) is 27.8. The summed E-state index contributed by atoms with van der Waals surface area (Å²) in [7, 11) is 0. The summed E-state index contributed by atoms with van der Waals surface area (Å²) in [5.41, 5.74) is -0.353. The van der Waals surface area contributed by atoms with E-state index in [4.69, 9.17) is 5.11 Å². The Morgan fingerprint density at radius 1 is 1.35 bits per heavy atom. The van der Waals surface area contributed by atoms with E-state index < -0.39 is 36.4 Å². The Balaban J connectivity index is 2.99. The molecule has 0 saturated carbocycles. The van der Waals surface area contributed by atoms with Crippen LogP contribution in [0.1, 0.15) is 35.4 Å². The number of aliphatic hydroxyl groups is 2. The second-order valence-electron chi connectivity index (χ2n) is 4.07. The van der Waals surface area contributed by atoms with E-state index in [1.54, 1.807) is 6.92 Å². The third-order valence-corrected chi connectivity index (χ3v) is 2.58. The van der Waals surface area contributed by atoms with Gasteiger partial charge in [0.2, 0.25) is 0 Å². The van der Waals surface area contributed by atoms with E-state index in [1.807, 2.05) is 0 Å². The summed E-state index contributed by atoms with van der Waals surface area (Å²) in [6.45, 7) is 1.62. The number of carboxylic acids is 1. The SMILES string of the molecule is CCOC(=O)c1cc(C(O)C(O)CC(=O)O)ccc1F. The smallest absolute Gasteiger partial charge is 0.341 e. The first-order chi connectivity index (χ1) is 9.36. The van der Waals surface area contributed by atoms with E-state index in [1.165, 1.54) is 0 Å². The van der Waals surface area contributed by atoms with Gasteiger partial charge in [-0.3, -0.25) is 4.79 Å². The number of aliphatic carboxylic acids is 1. The van der Waals surface area contributed by atoms with E-state index in [0.717, 1.165) is 18.2 Å². The molecule has 0 amide bonds. The highest BCUT2D eigenvalue weighted by Gasteiger charge is 2.23. The molecule has 0 aliphatic heterocycles. The number of ether oxygens (including phenoxy) is 1.